The van der Waals surface area contributed by atoms with E-state index in [0.29, 0.717) is 0 Å². The summed E-state index contributed by atoms with van der Waals surface area (Å²) in [4.78, 5) is 0. The Morgan fingerprint density at radius 1 is 1.33 bits per heavy atom. The lowest BCUT2D eigenvalue weighted by atomic mass is 10.1. The van der Waals surface area contributed by atoms with Crippen molar-refractivity contribution in [1.82, 2.24) is 5.32 Å². The van der Waals surface area contributed by atoms with Gasteiger partial charge in [0.05, 0.1) is 0 Å². The van der Waals surface area contributed by atoms with Crippen LogP contribution >= 0.6 is 0 Å². The number of rotatable bonds is 4. The highest BCUT2D eigenvalue weighted by Crippen LogP contribution is 2.03. The van der Waals surface area contributed by atoms with Crippen LogP contribution in [0.25, 0.3) is 0 Å². The van der Waals surface area contributed by atoms with Crippen molar-refractivity contribution < 1.29 is 0 Å². The SMILES string of the molecule is C=C(Cc1ccccc1)NCC. The van der Waals surface area contributed by atoms with E-state index in [0.717, 1.165) is 18.7 Å². The van der Waals surface area contributed by atoms with E-state index in [9.17, 15) is 0 Å². The first kappa shape index (κ1) is 8.85. The Labute approximate surface area is 74.1 Å². The lowest BCUT2D eigenvalue weighted by molar-refractivity contribution is 0.823. The third-order valence-corrected chi connectivity index (χ3v) is 1.69. The lowest BCUT2D eigenvalue weighted by Crippen LogP contribution is -2.12. The van der Waals surface area contributed by atoms with Gasteiger partial charge in [0.2, 0.25) is 0 Å². The first-order chi connectivity index (χ1) is 5.83. The molecule has 0 spiro atoms. The van der Waals surface area contributed by atoms with Crippen molar-refractivity contribution >= 4 is 0 Å². The van der Waals surface area contributed by atoms with Crippen molar-refractivity contribution in [3.8, 4) is 0 Å². The molecule has 0 aliphatic carbocycles. The minimum Gasteiger partial charge on any atom is -0.389 e. The van der Waals surface area contributed by atoms with Gasteiger partial charge in [-0.15, -0.1) is 0 Å². The van der Waals surface area contributed by atoms with E-state index in [2.05, 4.69) is 43.1 Å². The molecule has 0 bridgehead atoms. The van der Waals surface area contributed by atoms with Gasteiger partial charge in [0, 0.05) is 18.7 Å². The van der Waals surface area contributed by atoms with Crippen LogP contribution < -0.4 is 5.32 Å². The summed E-state index contributed by atoms with van der Waals surface area (Å²) in [5.74, 6) is 0. The molecule has 64 valence electrons. The molecule has 1 aromatic carbocycles. The van der Waals surface area contributed by atoms with Crippen molar-refractivity contribution in [2.24, 2.45) is 0 Å². The van der Waals surface area contributed by atoms with Gasteiger partial charge in [-0.25, -0.2) is 0 Å². The second-order valence-corrected chi connectivity index (χ2v) is 2.80. The van der Waals surface area contributed by atoms with Crippen LogP contribution in [-0.4, -0.2) is 6.54 Å². The predicted octanol–water partition coefficient (Wildman–Crippen LogP) is 2.35. The fourth-order valence-corrected chi connectivity index (χ4v) is 1.15. The Morgan fingerprint density at radius 2 is 2.00 bits per heavy atom. The molecule has 1 aromatic rings. The van der Waals surface area contributed by atoms with E-state index in [1.54, 1.807) is 0 Å². The van der Waals surface area contributed by atoms with Gasteiger partial charge in [-0.2, -0.15) is 0 Å². The van der Waals surface area contributed by atoms with Gasteiger partial charge in [0.25, 0.3) is 0 Å². The van der Waals surface area contributed by atoms with Crippen LogP contribution in [0.4, 0.5) is 0 Å². The van der Waals surface area contributed by atoms with E-state index < -0.39 is 0 Å². The second-order valence-electron chi connectivity index (χ2n) is 2.80. The third kappa shape index (κ3) is 2.79. The molecule has 0 atom stereocenters. The molecule has 0 saturated heterocycles. The average molecular weight is 161 g/mol. The van der Waals surface area contributed by atoms with Crippen LogP contribution in [0.15, 0.2) is 42.6 Å². The topological polar surface area (TPSA) is 12.0 Å². The smallest absolute Gasteiger partial charge is 0.0117 e. The van der Waals surface area contributed by atoms with E-state index >= 15 is 0 Å². The number of nitrogens with one attached hydrogen (secondary N) is 1. The van der Waals surface area contributed by atoms with E-state index in [-0.39, 0.29) is 0 Å². The van der Waals surface area contributed by atoms with Crippen molar-refractivity contribution in [2.75, 3.05) is 6.54 Å². The molecular formula is C11H15N. The maximum Gasteiger partial charge on any atom is 0.0117 e. The molecule has 0 aliphatic heterocycles. The zero-order valence-electron chi connectivity index (χ0n) is 7.51. The highest BCUT2D eigenvalue weighted by atomic mass is 14.9. The summed E-state index contributed by atoms with van der Waals surface area (Å²) >= 11 is 0. The number of likely N-dealkylation sites (N-methyl/N-ethyl adjacent to an activating group) is 1. The highest BCUT2D eigenvalue weighted by molar-refractivity contribution is 5.19. The van der Waals surface area contributed by atoms with Gasteiger partial charge >= 0.3 is 0 Å². The monoisotopic (exact) mass is 161 g/mol. The van der Waals surface area contributed by atoms with Gasteiger partial charge in [0.15, 0.2) is 0 Å². The van der Waals surface area contributed by atoms with Crippen molar-refractivity contribution in [3.05, 3.63) is 48.2 Å². The third-order valence-electron chi connectivity index (χ3n) is 1.69. The molecule has 0 radical (unpaired) electrons. The molecule has 0 amide bonds. The van der Waals surface area contributed by atoms with Crippen LogP contribution in [0.3, 0.4) is 0 Å². The summed E-state index contributed by atoms with van der Waals surface area (Å²) in [5, 5.41) is 3.20. The Hall–Kier alpha value is -1.24. The molecule has 0 saturated carbocycles. The Kier molecular flexibility index (Phi) is 3.39. The zero-order valence-corrected chi connectivity index (χ0v) is 7.51. The van der Waals surface area contributed by atoms with Crippen LogP contribution in [-0.2, 0) is 6.42 Å². The zero-order chi connectivity index (χ0) is 8.81. The van der Waals surface area contributed by atoms with Gasteiger partial charge in [0.1, 0.15) is 0 Å². The molecule has 0 unspecified atom stereocenters. The molecule has 0 aromatic heterocycles. The molecule has 0 aliphatic rings. The lowest BCUT2D eigenvalue weighted by Gasteiger charge is -2.06. The first-order valence-corrected chi connectivity index (χ1v) is 4.28. The molecule has 1 nitrogen and oxygen atoms in total. The average Bonchev–Trinajstić information content (AvgIpc) is 2.06. The predicted molar refractivity (Wildman–Crippen MR) is 53.0 cm³/mol. The summed E-state index contributed by atoms with van der Waals surface area (Å²) in [6.07, 6.45) is 0.925. The van der Waals surface area contributed by atoms with Crippen LogP contribution in [0, 0.1) is 0 Å². The molecular weight excluding hydrogens is 146 g/mol. The fraction of sp³-hybridized carbons (Fsp3) is 0.273. The van der Waals surface area contributed by atoms with E-state index in [1.807, 2.05) is 6.07 Å². The van der Waals surface area contributed by atoms with Crippen molar-refractivity contribution in [2.45, 2.75) is 13.3 Å². The number of hydrogen-bond donors (Lipinski definition) is 1. The summed E-state index contributed by atoms with van der Waals surface area (Å²) < 4.78 is 0. The maximum atomic E-state index is 3.93. The van der Waals surface area contributed by atoms with Gasteiger partial charge in [-0.1, -0.05) is 36.9 Å². The van der Waals surface area contributed by atoms with Gasteiger partial charge in [-0.3, -0.25) is 0 Å². The summed E-state index contributed by atoms with van der Waals surface area (Å²) in [6, 6.07) is 10.4. The number of benzene rings is 1. The fourth-order valence-electron chi connectivity index (χ4n) is 1.15. The van der Waals surface area contributed by atoms with Gasteiger partial charge < -0.3 is 5.32 Å². The first-order valence-electron chi connectivity index (χ1n) is 4.28. The van der Waals surface area contributed by atoms with Crippen molar-refractivity contribution in [3.63, 3.8) is 0 Å². The molecule has 1 heteroatoms. The van der Waals surface area contributed by atoms with E-state index in [1.165, 1.54) is 5.56 Å². The summed E-state index contributed by atoms with van der Waals surface area (Å²) in [7, 11) is 0. The Balaban J connectivity index is 2.47. The molecule has 12 heavy (non-hydrogen) atoms. The Morgan fingerprint density at radius 3 is 2.58 bits per heavy atom. The quantitative estimate of drug-likeness (QED) is 0.714. The van der Waals surface area contributed by atoms with Crippen LogP contribution in [0.1, 0.15) is 12.5 Å². The normalized spacial score (nSPS) is 9.42. The van der Waals surface area contributed by atoms with Gasteiger partial charge in [-0.05, 0) is 12.5 Å². The molecule has 0 heterocycles. The molecule has 1 N–H and O–H groups in total. The molecule has 1 rings (SSSR count). The molecule has 0 fully saturated rings. The maximum absolute atomic E-state index is 3.93. The standard InChI is InChI=1S/C11H15N/c1-3-12-10(2)9-11-7-5-4-6-8-11/h4-8,12H,2-3,9H2,1H3. The number of allylic oxidation sites excluding steroid dienone is 1. The van der Waals surface area contributed by atoms with Crippen LogP contribution in [0.5, 0.6) is 0 Å². The van der Waals surface area contributed by atoms with Crippen molar-refractivity contribution in [1.29, 1.82) is 0 Å². The minimum absolute atomic E-state index is 0.925. The number of hydrogen-bond acceptors (Lipinski definition) is 1. The summed E-state index contributed by atoms with van der Waals surface area (Å²) in [5.41, 5.74) is 2.40. The largest absolute Gasteiger partial charge is 0.389 e. The minimum atomic E-state index is 0.925. The van der Waals surface area contributed by atoms with E-state index in [4.69, 9.17) is 0 Å². The summed E-state index contributed by atoms with van der Waals surface area (Å²) in [6.45, 7) is 6.96. The Bertz CT molecular complexity index is 238. The highest BCUT2D eigenvalue weighted by Gasteiger charge is 1.93. The van der Waals surface area contributed by atoms with Crippen LogP contribution in [0.2, 0.25) is 0 Å². The second kappa shape index (κ2) is 4.60.